The molecule has 3 nitrogen and oxygen atoms in total. The molecule has 0 aliphatic carbocycles. The summed E-state index contributed by atoms with van der Waals surface area (Å²) in [7, 11) is -3.22. The van der Waals surface area contributed by atoms with Crippen LogP contribution in [0.5, 0.6) is 0 Å². The van der Waals surface area contributed by atoms with Crippen LogP contribution in [0.2, 0.25) is 0 Å². The van der Waals surface area contributed by atoms with Gasteiger partial charge in [0.15, 0.2) is 9.84 Å². The fourth-order valence-electron chi connectivity index (χ4n) is 3.65. The highest BCUT2D eigenvalue weighted by atomic mass is 32.2. The molecule has 0 radical (unpaired) electrons. The molecule has 0 saturated carbocycles. The highest BCUT2D eigenvalue weighted by Gasteiger charge is 2.49. The van der Waals surface area contributed by atoms with Gasteiger partial charge in [-0.1, -0.05) is 30.3 Å². The van der Waals surface area contributed by atoms with Gasteiger partial charge >= 0.3 is 0 Å². The third-order valence-electron chi connectivity index (χ3n) is 4.68. The van der Waals surface area contributed by atoms with E-state index in [1.165, 1.54) is 12.1 Å². The lowest BCUT2D eigenvalue weighted by molar-refractivity contribution is 0.325. The summed E-state index contributed by atoms with van der Waals surface area (Å²) < 4.78 is 38.2. The topological polar surface area (TPSA) is 37.4 Å². The number of nitrogens with zero attached hydrogens (tertiary/aromatic N) is 1. The van der Waals surface area contributed by atoms with Gasteiger partial charge in [-0.3, -0.25) is 4.90 Å². The second-order valence-corrected chi connectivity index (χ2v) is 8.18. The maximum atomic E-state index is 13.0. The summed E-state index contributed by atoms with van der Waals surface area (Å²) in [5.41, 5.74) is 1.96. The van der Waals surface area contributed by atoms with Gasteiger partial charge < -0.3 is 0 Å². The summed E-state index contributed by atoms with van der Waals surface area (Å²) in [6, 6.07) is 13.7. The van der Waals surface area contributed by atoms with Crippen molar-refractivity contribution in [2.24, 2.45) is 0 Å². The molecule has 2 heterocycles. The van der Waals surface area contributed by atoms with Gasteiger partial charge in [-0.25, -0.2) is 12.8 Å². The summed E-state index contributed by atoms with van der Waals surface area (Å²) in [6.45, 7) is 1.93. The minimum atomic E-state index is -3.22. The maximum absolute atomic E-state index is 13.0. The molecule has 4 rings (SSSR count). The number of hydrogen-bond donors (Lipinski definition) is 0. The van der Waals surface area contributed by atoms with Crippen molar-refractivity contribution in [2.75, 3.05) is 13.1 Å². The second kappa shape index (κ2) is 4.89. The molecule has 0 amide bonds. The lowest BCUT2D eigenvalue weighted by atomic mass is 9.99. The normalized spacial score (nSPS) is 25.9. The molecule has 1 fully saturated rings. The maximum Gasteiger partial charge on any atom is 0.183 e. The molecule has 0 spiro atoms. The van der Waals surface area contributed by atoms with Crippen LogP contribution >= 0.6 is 0 Å². The Balaban J connectivity index is 1.60. The van der Waals surface area contributed by atoms with Crippen molar-refractivity contribution in [1.82, 2.24) is 4.90 Å². The SMILES string of the molecule is O=S1(=O)c2ccccc2[C@@H]2CN(Cc3ccc(F)cc3)C[C@@H]21. The van der Waals surface area contributed by atoms with Crippen molar-refractivity contribution in [3.05, 3.63) is 65.5 Å². The Bertz CT molecular complexity index is 817. The van der Waals surface area contributed by atoms with Crippen molar-refractivity contribution in [3.63, 3.8) is 0 Å². The minimum absolute atomic E-state index is 0.0571. The highest BCUT2D eigenvalue weighted by molar-refractivity contribution is 7.92. The molecule has 0 bridgehead atoms. The van der Waals surface area contributed by atoms with Gasteiger partial charge in [0.05, 0.1) is 10.1 Å². The first kappa shape index (κ1) is 13.9. The molecular weight excluding hydrogens is 301 g/mol. The Labute approximate surface area is 129 Å². The van der Waals surface area contributed by atoms with E-state index in [1.54, 1.807) is 24.3 Å². The largest absolute Gasteiger partial charge is 0.297 e. The van der Waals surface area contributed by atoms with Crippen molar-refractivity contribution in [3.8, 4) is 0 Å². The average Bonchev–Trinajstić information content (AvgIpc) is 3.01. The molecule has 0 aromatic heterocycles. The number of sulfone groups is 1. The van der Waals surface area contributed by atoms with Crippen LogP contribution in [-0.2, 0) is 16.4 Å². The van der Waals surface area contributed by atoms with Crippen molar-refractivity contribution in [2.45, 2.75) is 22.6 Å². The summed E-state index contributed by atoms with van der Waals surface area (Å²) >= 11 is 0. The number of benzene rings is 2. The zero-order valence-corrected chi connectivity index (χ0v) is 12.8. The fraction of sp³-hybridized carbons (Fsp3) is 0.294. The number of likely N-dealkylation sites (tertiary alicyclic amines) is 1. The number of hydrogen-bond acceptors (Lipinski definition) is 3. The van der Waals surface area contributed by atoms with E-state index in [9.17, 15) is 12.8 Å². The van der Waals surface area contributed by atoms with Crippen molar-refractivity contribution in [1.29, 1.82) is 0 Å². The fourth-order valence-corrected chi connectivity index (χ4v) is 5.87. The molecule has 0 N–H and O–H groups in total. The first-order chi connectivity index (χ1) is 10.6. The summed E-state index contributed by atoms with van der Waals surface area (Å²) in [5.74, 6) is -0.194. The molecule has 2 aromatic rings. The van der Waals surface area contributed by atoms with Crippen LogP contribution in [-0.4, -0.2) is 31.7 Å². The molecular formula is C17H16FNO2S. The third kappa shape index (κ3) is 2.08. The number of halogens is 1. The zero-order valence-electron chi connectivity index (χ0n) is 11.9. The Morgan fingerprint density at radius 3 is 2.55 bits per heavy atom. The van der Waals surface area contributed by atoms with Crippen molar-refractivity contribution < 1.29 is 12.8 Å². The second-order valence-electron chi connectivity index (χ2n) is 6.05. The van der Waals surface area contributed by atoms with E-state index in [2.05, 4.69) is 4.90 Å². The van der Waals surface area contributed by atoms with Gasteiger partial charge in [0, 0.05) is 25.6 Å². The van der Waals surface area contributed by atoms with Crippen LogP contribution in [0.4, 0.5) is 4.39 Å². The highest BCUT2D eigenvalue weighted by Crippen LogP contribution is 2.44. The first-order valence-electron chi connectivity index (χ1n) is 7.35. The molecule has 2 aromatic carbocycles. The lowest BCUT2D eigenvalue weighted by Gasteiger charge is -2.17. The Hall–Kier alpha value is -1.72. The molecule has 2 aliphatic rings. The smallest absolute Gasteiger partial charge is 0.183 e. The quantitative estimate of drug-likeness (QED) is 0.854. The van der Waals surface area contributed by atoms with Gasteiger partial charge in [-0.2, -0.15) is 0 Å². The van der Waals surface area contributed by atoms with Crippen LogP contribution in [0.15, 0.2) is 53.4 Å². The molecule has 1 saturated heterocycles. The van der Waals surface area contributed by atoms with E-state index in [1.807, 2.05) is 12.1 Å². The van der Waals surface area contributed by atoms with Gasteiger partial charge in [-0.05, 0) is 29.3 Å². The van der Waals surface area contributed by atoms with Crippen LogP contribution in [0.3, 0.4) is 0 Å². The summed E-state index contributed by atoms with van der Waals surface area (Å²) in [5, 5.41) is -0.342. The van der Waals surface area contributed by atoms with Crippen LogP contribution in [0.25, 0.3) is 0 Å². The number of rotatable bonds is 2. The van der Waals surface area contributed by atoms with Crippen LogP contribution in [0.1, 0.15) is 17.0 Å². The van der Waals surface area contributed by atoms with E-state index in [4.69, 9.17) is 0 Å². The van der Waals surface area contributed by atoms with Crippen LogP contribution < -0.4 is 0 Å². The summed E-state index contributed by atoms with van der Waals surface area (Å²) in [4.78, 5) is 2.65. The average molecular weight is 317 g/mol. The lowest BCUT2D eigenvalue weighted by Crippen LogP contribution is -2.25. The van der Waals surface area contributed by atoms with Gasteiger partial charge in [-0.15, -0.1) is 0 Å². The van der Waals surface area contributed by atoms with Gasteiger partial charge in [0.2, 0.25) is 0 Å². The van der Waals surface area contributed by atoms with E-state index < -0.39 is 9.84 Å². The molecule has 22 heavy (non-hydrogen) atoms. The summed E-state index contributed by atoms with van der Waals surface area (Å²) in [6.07, 6.45) is 0. The number of fused-ring (bicyclic) bond motifs is 3. The Morgan fingerprint density at radius 1 is 1.05 bits per heavy atom. The third-order valence-corrected chi connectivity index (χ3v) is 6.94. The molecule has 0 unspecified atom stereocenters. The van der Waals surface area contributed by atoms with Gasteiger partial charge in [0.1, 0.15) is 5.82 Å². The molecule has 2 atom stereocenters. The Kier molecular flexibility index (Phi) is 3.09. The van der Waals surface area contributed by atoms with E-state index in [-0.39, 0.29) is 17.0 Å². The standard InChI is InChI=1S/C17H16FNO2S/c18-13-7-5-12(6-8-13)9-19-10-15-14-3-1-2-4-16(14)22(20,21)17(15)11-19/h1-8,15,17H,9-11H2/t15-,17-/m0/s1. The minimum Gasteiger partial charge on any atom is -0.297 e. The first-order valence-corrected chi connectivity index (χ1v) is 8.90. The van der Waals surface area contributed by atoms with Crippen molar-refractivity contribution >= 4 is 9.84 Å². The van der Waals surface area contributed by atoms with E-state index in [0.717, 1.165) is 17.7 Å². The molecule has 5 heteroatoms. The zero-order chi connectivity index (χ0) is 15.3. The van der Waals surface area contributed by atoms with Crippen LogP contribution in [0, 0.1) is 5.82 Å². The van der Waals surface area contributed by atoms with E-state index in [0.29, 0.717) is 18.0 Å². The van der Waals surface area contributed by atoms with E-state index >= 15 is 0 Å². The molecule has 2 aliphatic heterocycles. The monoisotopic (exact) mass is 317 g/mol. The Morgan fingerprint density at radius 2 is 1.77 bits per heavy atom. The predicted octanol–water partition coefficient (Wildman–Crippen LogP) is 2.58. The predicted molar refractivity (Wildman–Crippen MR) is 81.8 cm³/mol. The molecule has 114 valence electrons. The van der Waals surface area contributed by atoms with Gasteiger partial charge in [0.25, 0.3) is 0 Å².